The summed E-state index contributed by atoms with van der Waals surface area (Å²) in [5.74, 6) is -1.32. The van der Waals surface area contributed by atoms with Crippen molar-refractivity contribution in [1.29, 1.82) is 0 Å². The second-order valence-corrected chi connectivity index (χ2v) is 12.2. The molecule has 29 heavy (non-hydrogen) atoms. The molecule has 0 saturated carbocycles. The molecule has 11 heteroatoms. The number of sulfone groups is 1. The molecule has 1 aliphatic heterocycles. The molecule has 1 heterocycles. The van der Waals surface area contributed by atoms with Gasteiger partial charge in [-0.25, -0.2) is 8.42 Å². The van der Waals surface area contributed by atoms with Crippen LogP contribution in [-0.4, -0.2) is 49.0 Å². The average Bonchev–Trinajstić information content (AvgIpc) is 2.87. The van der Waals surface area contributed by atoms with Crippen LogP contribution in [0.3, 0.4) is 0 Å². The molecule has 2 aromatic carbocycles. The van der Waals surface area contributed by atoms with Gasteiger partial charge in [-0.2, -0.15) is 16.8 Å². The molecule has 0 unspecified atom stereocenters. The van der Waals surface area contributed by atoms with E-state index in [4.69, 9.17) is 8.37 Å². The third-order valence-corrected chi connectivity index (χ3v) is 8.74. The summed E-state index contributed by atoms with van der Waals surface area (Å²) < 4.78 is 84.3. The van der Waals surface area contributed by atoms with Crippen molar-refractivity contribution in [2.24, 2.45) is 0 Å². The molecule has 0 spiro atoms. The Bertz CT molecular complexity index is 1110. The molecular weight excluding hydrogens is 440 g/mol. The molecule has 0 amide bonds. The number of aryl methyl sites for hydroxylation is 2. The fraction of sp³-hybridized carbons (Fsp3) is 0.333. The second-order valence-electron chi connectivity index (χ2n) is 6.88. The molecule has 3 rings (SSSR count). The van der Waals surface area contributed by atoms with E-state index in [1.807, 2.05) is 0 Å². The lowest BCUT2D eigenvalue weighted by Crippen LogP contribution is -2.34. The molecule has 8 nitrogen and oxygen atoms in total. The second kappa shape index (κ2) is 7.80. The Morgan fingerprint density at radius 2 is 1.00 bits per heavy atom. The van der Waals surface area contributed by atoms with Gasteiger partial charge >= 0.3 is 0 Å². The summed E-state index contributed by atoms with van der Waals surface area (Å²) in [5, 5.41) is 0. The van der Waals surface area contributed by atoms with Crippen molar-refractivity contribution in [3.63, 3.8) is 0 Å². The predicted octanol–water partition coefficient (Wildman–Crippen LogP) is 1.58. The highest BCUT2D eigenvalue weighted by Gasteiger charge is 2.44. The van der Waals surface area contributed by atoms with E-state index in [0.29, 0.717) is 0 Å². The normalized spacial score (nSPS) is 21.9. The van der Waals surface area contributed by atoms with Crippen LogP contribution < -0.4 is 0 Å². The van der Waals surface area contributed by atoms with E-state index in [0.717, 1.165) is 11.1 Å². The molecule has 0 bridgehead atoms. The molecule has 1 saturated heterocycles. The standard InChI is InChI=1S/C18H20O8S3/c1-13-3-7-15(8-4-13)28(21,22)25-17-11-27(19,20)12-18(17)26-29(23,24)16-9-5-14(2)6-10-16/h3-10,17-18H,11-12H2,1-2H3/t17-,18-/m0/s1. The number of rotatable bonds is 6. The third kappa shape index (κ3) is 5.23. The Morgan fingerprint density at radius 1 is 0.690 bits per heavy atom. The Labute approximate surface area is 170 Å². The summed E-state index contributed by atoms with van der Waals surface area (Å²) in [6.07, 6.45) is -2.96. The SMILES string of the molecule is Cc1ccc(S(=O)(=O)O[C@H]2CS(=O)(=O)C[C@@H]2OS(=O)(=O)c2ccc(C)cc2)cc1. The monoisotopic (exact) mass is 460 g/mol. The van der Waals surface area contributed by atoms with E-state index in [1.54, 1.807) is 38.1 Å². The van der Waals surface area contributed by atoms with E-state index in [9.17, 15) is 25.3 Å². The highest BCUT2D eigenvalue weighted by Crippen LogP contribution is 2.27. The number of hydrogen-bond donors (Lipinski definition) is 0. The van der Waals surface area contributed by atoms with Crippen molar-refractivity contribution >= 4 is 30.1 Å². The minimum Gasteiger partial charge on any atom is -0.259 e. The lowest BCUT2D eigenvalue weighted by atomic mass is 10.2. The zero-order valence-electron chi connectivity index (χ0n) is 15.7. The van der Waals surface area contributed by atoms with Gasteiger partial charge in [0.15, 0.2) is 9.84 Å². The molecule has 2 aromatic rings. The van der Waals surface area contributed by atoms with Gasteiger partial charge in [0.1, 0.15) is 12.2 Å². The highest BCUT2D eigenvalue weighted by molar-refractivity contribution is 7.92. The predicted molar refractivity (Wildman–Crippen MR) is 105 cm³/mol. The topological polar surface area (TPSA) is 121 Å². The maximum Gasteiger partial charge on any atom is 0.297 e. The van der Waals surface area contributed by atoms with Crippen molar-refractivity contribution < 1.29 is 33.6 Å². The minimum atomic E-state index is -4.31. The van der Waals surface area contributed by atoms with Crippen molar-refractivity contribution in [3.05, 3.63) is 59.7 Å². The van der Waals surface area contributed by atoms with Gasteiger partial charge in [-0.05, 0) is 38.1 Å². The highest BCUT2D eigenvalue weighted by atomic mass is 32.2. The van der Waals surface area contributed by atoms with Crippen molar-refractivity contribution in [2.75, 3.05) is 11.5 Å². The first-order chi connectivity index (χ1) is 13.4. The number of benzene rings is 2. The molecule has 0 aromatic heterocycles. The molecule has 158 valence electrons. The first-order valence-corrected chi connectivity index (χ1v) is 13.2. The van der Waals surface area contributed by atoms with E-state index >= 15 is 0 Å². The lowest BCUT2D eigenvalue weighted by molar-refractivity contribution is 0.101. The van der Waals surface area contributed by atoms with Crippen LogP contribution in [0.5, 0.6) is 0 Å². The quantitative estimate of drug-likeness (QED) is 0.596. The molecule has 0 radical (unpaired) electrons. The van der Waals surface area contributed by atoms with Gasteiger partial charge in [-0.1, -0.05) is 35.4 Å². The van der Waals surface area contributed by atoms with Crippen LogP contribution >= 0.6 is 0 Å². The summed E-state index contributed by atoms with van der Waals surface area (Å²) in [4.78, 5) is -0.319. The zero-order chi connectivity index (χ0) is 21.4. The lowest BCUT2D eigenvalue weighted by Gasteiger charge is -2.18. The summed E-state index contributed by atoms with van der Waals surface area (Å²) in [5.41, 5.74) is 1.66. The smallest absolute Gasteiger partial charge is 0.259 e. The van der Waals surface area contributed by atoms with Gasteiger partial charge in [0.05, 0.1) is 21.3 Å². The summed E-state index contributed by atoms with van der Waals surface area (Å²) in [7, 11) is -12.4. The van der Waals surface area contributed by atoms with Crippen LogP contribution in [0.4, 0.5) is 0 Å². The first-order valence-electron chi connectivity index (χ1n) is 8.58. The van der Waals surface area contributed by atoms with Gasteiger partial charge in [-0.3, -0.25) is 8.37 Å². The van der Waals surface area contributed by atoms with Crippen LogP contribution in [-0.2, 0) is 38.4 Å². The molecule has 1 fully saturated rings. The minimum absolute atomic E-state index is 0.160. The molecule has 0 N–H and O–H groups in total. The fourth-order valence-electron chi connectivity index (χ4n) is 2.81. The van der Waals surface area contributed by atoms with Crippen molar-refractivity contribution in [3.8, 4) is 0 Å². The molecule has 1 aliphatic rings. The maximum absolute atomic E-state index is 12.5. The Kier molecular flexibility index (Phi) is 5.89. The van der Waals surface area contributed by atoms with Gasteiger partial charge < -0.3 is 0 Å². The molecular formula is C18H20O8S3. The third-order valence-electron chi connectivity index (χ3n) is 4.37. The van der Waals surface area contributed by atoms with E-state index in [-0.39, 0.29) is 9.79 Å². The maximum atomic E-state index is 12.5. The van der Waals surface area contributed by atoms with Crippen LogP contribution in [0, 0.1) is 13.8 Å². The average molecular weight is 461 g/mol. The van der Waals surface area contributed by atoms with Crippen LogP contribution in [0.15, 0.2) is 58.3 Å². The summed E-state index contributed by atoms with van der Waals surface area (Å²) in [6, 6.07) is 11.6. The Hall–Kier alpha value is -1.79. The van der Waals surface area contributed by atoms with E-state index in [2.05, 4.69) is 0 Å². The van der Waals surface area contributed by atoms with Crippen molar-refractivity contribution in [1.82, 2.24) is 0 Å². The molecule has 2 atom stereocenters. The first kappa shape index (κ1) is 21.9. The van der Waals surface area contributed by atoms with Crippen molar-refractivity contribution in [2.45, 2.75) is 35.8 Å². The van der Waals surface area contributed by atoms with Crippen LogP contribution in [0.1, 0.15) is 11.1 Å². The van der Waals surface area contributed by atoms with Gasteiger partial charge in [-0.15, -0.1) is 0 Å². The summed E-state index contributed by atoms with van der Waals surface area (Å²) >= 11 is 0. The number of hydrogen-bond acceptors (Lipinski definition) is 8. The van der Waals surface area contributed by atoms with Gasteiger partial charge in [0, 0.05) is 0 Å². The largest absolute Gasteiger partial charge is 0.297 e. The zero-order valence-corrected chi connectivity index (χ0v) is 18.1. The van der Waals surface area contributed by atoms with E-state index < -0.39 is 53.8 Å². The Balaban J connectivity index is 1.85. The van der Waals surface area contributed by atoms with Gasteiger partial charge in [0.25, 0.3) is 20.2 Å². The molecule has 0 aliphatic carbocycles. The fourth-order valence-corrected chi connectivity index (χ4v) is 6.88. The van der Waals surface area contributed by atoms with Gasteiger partial charge in [0.2, 0.25) is 0 Å². The van der Waals surface area contributed by atoms with E-state index in [1.165, 1.54) is 24.3 Å². The van der Waals surface area contributed by atoms with Crippen LogP contribution in [0.2, 0.25) is 0 Å². The van der Waals surface area contributed by atoms with Crippen LogP contribution in [0.25, 0.3) is 0 Å². The Morgan fingerprint density at radius 3 is 1.31 bits per heavy atom. The summed E-state index contributed by atoms with van der Waals surface area (Å²) in [6.45, 7) is 3.56.